The van der Waals surface area contributed by atoms with E-state index in [-0.39, 0.29) is 0 Å². The Morgan fingerprint density at radius 2 is 0.639 bits per heavy atom. The largest absolute Gasteiger partial charge is 0.0888 e. The third-order valence-electron chi connectivity index (χ3n) is 6.71. The van der Waals surface area contributed by atoms with Gasteiger partial charge in [-0.3, -0.25) is 0 Å². The molecule has 36 heavy (non-hydrogen) atoms. The minimum absolute atomic E-state index is 1.26. The Morgan fingerprint density at radius 1 is 0.306 bits per heavy atom. The second kappa shape index (κ2) is 9.05. The van der Waals surface area contributed by atoms with Gasteiger partial charge in [0.15, 0.2) is 0 Å². The van der Waals surface area contributed by atoms with Gasteiger partial charge < -0.3 is 0 Å². The van der Waals surface area contributed by atoms with Crippen LogP contribution < -0.4 is 0 Å². The maximum atomic E-state index is 2.31. The summed E-state index contributed by atoms with van der Waals surface area (Å²) in [6.07, 6.45) is 0. The van der Waals surface area contributed by atoms with Gasteiger partial charge >= 0.3 is 0 Å². The molecule has 7 rings (SSSR count). The highest BCUT2D eigenvalue weighted by Crippen LogP contribution is 2.46. The van der Waals surface area contributed by atoms with Gasteiger partial charge in [0.1, 0.15) is 0 Å². The van der Waals surface area contributed by atoms with Crippen LogP contribution in [0.15, 0.2) is 153 Å². The van der Waals surface area contributed by atoms with Crippen molar-refractivity contribution in [1.29, 1.82) is 0 Å². The normalized spacial score (nSPS) is 11.6. The van der Waals surface area contributed by atoms with Gasteiger partial charge in [0.2, 0.25) is 0 Å². The predicted molar refractivity (Wildman–Crippen MR) is 158 cm³/mol. The molecule has 0 heterocycles. The summed E-state index contributed by atoms with van der Waals surface area (Å²) < 4.78 is 0. The molecule has 7 aromatic rings. The molecule has 0 saturated carbocycles. The molecule has 0 aromatic heterocycles. The minimum Gasteiger partial charge on any atom is -0.0888 e. The molecule has 0 atom stereocenters. The lowest BCUT2D eigenvalue weighted by molar-refractivity contribution is 1.46. The van der Waals surface area contributed by atoms with E-state index in [4.69, 9.17) is 0 Å². The molecule has 0 aliphatic rings. The van der Waals surface area contributed by atoms with Gasteiger partial charge in [-0.2, -0.15) is 0 Å². The zero-order valence-corrected chi connectivity index (χ0v) is 21.2. The molecular formula is C34H22S2. The summed E-state index contributed by atoms with van der Waals surface area (Å²) in [4.78, 5) is 5.16. The van der Waals surface area contributed by atoms with Crippen LogP contribution in [0.25, 0.3) is 43.1 Å². The number of benzene rings is 7. The minimum atomic E-state index is 1.26. The van der Waals surface area contributed by atoms with Crippen molar-refractivity contribution in [3.05, 3.63) is 133 Å². The molecule has 0 unspecified atom stereocenters. The molecule has 0 aliphatic heterocycles. The van der Waals surface area contributed by atoms with Crippen molar-refractivity contribution < 1.29 is 0 Å². The standard InChI is InChI=1S/C34H22S2/c1-3-11-25-21-27(19-17-23(25)9-1)35-33-29-13-5-7-15-31(29)34(32-16-8-6-14-30(32)33)36-28-20-18-24-10-2-4-12-26(24)22-28/h1-22H. The average Bonchev–Trinajstić information content (AvgIpc) is 2.94. The van der Waals surface area contributed by atoms with Crippen molar-refractivity contribution in [2.45, 2.75) is 19.6 Å². The van der Waals surface area contributed by atoms with E-state index in [2.05, 4.69) is 133 Å². The van der Waals surface area contributed by atoms with E-state index in [1.165, 1.54) is 62.7 Å². The van der Waals surface area contributed by atoms with E-state index in [1.54, 1.807) is 0 Å². The Bertz CT molecular complexity index is 1710. The molecule has 0 bridgehead atoms. The van der Waals surface area contributed by atoms with Gasteiger partial charge in [0.25, 0.3) is 0 Å². The molecule has 170 valence electrons. The number of fused-ring (bicyclic) bond motifs is 4. The summed E-state index contributed by atoms with van der Waals surface area (Å²) in [7, 11) is 0. The first kappa shape index (κ1) is 21.6. The summed E-state index contributed by atoms with van der Waals surface area (Å²) in [6, 6.07) is 48.4. The van der Waals surface area contributed by atoms with Crippen molar-refractivity contribution in [3.8, 4) is 0 Å². The van der Waals surface area contributed by atoms with Gasteiger partial charge in [-0.1, -0.05) is 133 Å². The molecular weight excluding hydrogens is 473 g/mol. The van der Waals surface area contributed by atoms with Gasteiger partial charge in [-0.25, -0.2) is 0 Å². The maximum Gasteiger partial charge on any atom is 0.0280 e. The Morgan fingerprint density at radius 3 is 1.03 bits per heavy atom. The fourth-order valence-electron chi connectivity index (χ4n) is 4.97. The van der Waals surface area contributed by atoms with E-state index in [0.717, 1.165) is 0 Å². The van der Waals surface area contributed by atoms with E-state index in [1.807, 2.05) is 23.5 Å². The van der Waals surface area contributed by atoms with E-state index >= 15 is 0 Å². The summed E-state index contributed by atoms with van der Waals surface area (Å²) in [5.74, 6) is 0. The number of hydrogen-bond donors (Lipinski definition) is 0. The van der Waals surface area contributed by atoms with Crippen LogP contribution in [0.2, 0.25) is 0 Å². The molecule has 0 amide bonds. The van der Waals surface area contributed by atoms with Crippen molar-refractivity contribution in [2.24, 2.45) is 0 Å². The van der Waals surface area contributed by atoms with E-state index in [9.17, 15) is 0 Å². The van der Waals surface area contributed by atoms with Crippen LogP contribution >= 0.6 is 23.5 Å². The Hall–Kier alpha value is -3.72. The van der Waals surface area contributed by atoms with Crippen LogP contribution in [0.4, 0.5) is 0 Å². The van der Waals surface area contributed by atoms with Gasteiger partial charge in [-0.15, -0.1) is 0 Å². The lowest BCUT2D eigenvalue weighted by Gasteiger charge is -2.17. The van der Waals surface area contributed by atoms with Gasteiger partial charge in [0.05, 0.1) is 0 Å². The lowest BCUT2D eigenvalue weighted by Crippen LogP contribution is -1.88. The molecule has 0 N–H and O–H groups in total. The molecule has 0 spiro atoms. The second-order valence-corrected chi connectivity index (χ2v) is 11.1. The first-order valence-electron chi connectivity index (χ1n) is 12.1. The molecule has 0 radical (unpaired) electrons. The monoisotopic (exact) mass is 494 g/mol. The molecule has 0 fully saturated rings. The summed E-state index contributed by atoms with van der Waals surface area (Å²) in [5, 5.41) is 10.3. The van der Waals surface area contributed by atoms with Crippen molar-refractivity contribution in [1.82, 2.24) is 0 Å². The van der Waals surface area contributed by atoms with Crippen LogP contribution in [0.5, 0.6) is 0 Å². The zero-order valence-electron chi connectivity index (χ0n) is 19.5. The third kappa shape index (κ3) is 3.83. The first-order chi connectivity index (χ1) is 17.8. The quantitative estimate of drug-likeness (QED) is 0.223. The fourth-order valence-corrected chi connectivity index (χ4v) is 7.23. The van der Waals surface area contributed by atoms with Gasteiger partial charge in [0, 0.05) is 19.6 Å². The fraction of sp³-hybridized carbons (Fsp3) is 0. The highest BCUT2D eigenvalue weighted by Gasteiger charge is 2.16. The second-order valence-electron chi connectivity index (χ2n) is 8.97. The summed E-state index contributed by atoms with van der Waals surface area (Å²) >= 11 is 3.74. The van der Waals surface area contributed by atoms with Crippen LogP contribution in [0, 0.1) is 0 Å². The van der Waals surface area contributed by atoms with Crippen molar-refractivity contribution in [3.63, 3.8) is 0 Å². The molecule has 2 heteroatoms. The highest BCUT2D eigenvalue weighted by molar-refractivity contribution is 8.00. The van der Waals surface area contributed by atoms with Crippen molar-refractivity contribution >= 4 is 66.6 Å². The van der Waals surface area contributed by atoms with Crippen LogP contribution in [-0.4, -0.2) is 0 Å². The summed E-state index contributed by atoms with van der Waals surface area (Å²) in [6.45, 7) is 0. The Balaban J connectivity index is 1.41. The van der Waals surface area contributed by atoms with Crippen molar-refractivity contribution in [2.75, 3.05) is 0 Å². The van der Waals surface area contributed by atoms with E-state index < -0.39 is 0 Å². The summed E-state index contributed by atoms with van der Waals surface area (Å²) in [5.41, 5.74) is 0. The third-order valence-corrected chi connectivity index (χ3v) is 8.98. The van der Waals surface area contributed by atoms with Gasteiger partial charge in [-0.05, 0) is 67.4 Å². The average molecular weight is 495 g/mol. The van der Waals surface area contributed by atoms with E-state index in [0.29, 0.717) is 0 Å². The topological polar surface area (TPSA) is 0 Å². The molecule has 0 saturated heterocycles. The molecule has 0 aliphatic carbocycles. The Kier molecular flexibility index (Phi) is 5.42. The zero-order chi connectivity index (χ0) is 23.9. The molecule has 7 aromatic carbocycles. The lowest BCUT2D eigenvalue weighted by atomic mass is 10.0. The first-order valence-corrected chi connectivity index (χ1v) is 13.7. The molecule has 0 nitrogen and oxygen atoms in total. The van der Waals surface area contributed by atoms with Crippen LogP contribution in [-0.2, 0) is 0 Å². The number of rotatable bonds is 4. The SMILES string of the molecule is c1ccc2cc(Sc3c4ccccc4c(Sc4ccc5ccccc5c4)c4ccccc34)ccc2c1. The predicted octanol–water partition coefficient (Wildman–Crippen LogP) is 10.6. The Labute approximate surface area is 219 Å². The highest BCUT2D eigenvalue weighted by atomic mass is 32.2. The number of hydrogen-bond acceptors (Lipinski definition) is 2. The van der Waals surface area contributed by atoms with Crippen LogP contribution in [0.3, 0.4) is 0 Å². The maximum absolute atomic E-state index is 2.31. The smallest absolute Gasteiger partial charge is 0.0280 e. The van der Waals surface area contributed by atoms with Crippen LogP contribution in [0.1, 0.15) is 0 Å².